The number of carbonyl (C=O) groups is 2. The Balaban J connectivity index is 0.000000257. The second-order valence-electron chi connectivity index (χ2n) is 6.17. The highest BCUT2D eigenvalue weighted by Crippen LogP contribution is 2.34. The Morgan fingerprint density at radius 1 is 0.759 bits per heavy atom. The summed E-state index contributed by atoms with van der Waals surface area (Å²) < 4.78 is 0. The number of carboxylic acids is 2. The zero-order valence-electron chi connectivity index (χ0n) is 15.2. The van der Waals surface area contributed by atoms with Gasteiger partial charge in [0, 0.05) is 5.56 Å². The number of nitrogens with two attached hydrogens (primary N) is 1. The van der Waals surface area contributed by atoms with Crippen molar-refractivity contribution in [3.8, 4) is 5.75 Å². The van der Waals surface area contributed by atoms with Gasteiger partial charge in [-0.3, -0.25) is 0 Å². The van der Waals surface area contributed by atoms with Crippen LogP contribution in [0, 0.1) is 0 Å². The monoisotopic (exact) mass is 399 g/mol. The molecule has 0 radical (unpaired) electrons. The smallest absolute Gasteiger partial charge is 0.335 e. The van der Waals surface area contributed by atoms with Crippen LogP contribution in [0.3, 0.4) is 0 Å². The van der Waals surface area contributed by atoms with Crippen LogP contribution in [-0.2, 0) is 9.59 Å². The molecule has 0 saturated heterocycles. The first-order chi connectivity index (χ1) is 13.7. The molecule has 0 saturated carbocycles. The zero-order chi connectivity index (χ0) is 21.6. The first kappa shape index (κ1) is 21.8. The molecular weight excluding hydrogens is 378 g/mol. The van der Waals surface area contributed by atoms with Gasteiger partial charge < -0.3 is 31.3 Å². The number of phenols is 1. The van der Waals surface area contributed by atoms with Crippen molar-refractivity contribution >= 4 is 22.7 Å². The first-order valence-corrected chi connectivity index (χ1v) is 8.57. The molecule has 0 bridgehead atoms. The lowest BCUT2D eigenvalue weighted by molar-refractivity contribution is -0.165. The predicted octanol–water partition coefficient (Wildman–Crippen LogP) is 1.47. The summed E-state index contributed by atoms with van der Waals surface area (Å²) in [4.78, 5) is 19.5. The standard InChI is InChI=1S/C17H15NO.C4H6O6/c18-17(13-7-2-1-3-8-13)16-14-9-5-4-6-12(14)10-11-15(16)19;5-1(3(7)8)2(6)4(9)10/h1-11,17,19H,18H2;1-2,5-6H,(H,7,8)(H,9,10)/t17-;1-,2-/m01/s1. The molecule has 0 heterocycles. The molecule has 0 aliphatic rings. The molecule has 29 heavy (non-hydrogen) atoms. The van der Waals surface area contributed by atoms with Gasteiger partial charge in [0.2, 0.25) is 0 Å². The minimum Gasteiger partial charge on any atom is -0.508 e. The number of hydrogen-bond acceptors (Lipinski definition) is 6. The Morgan fingerprint density at radius 3 is 1.83 bits per heavy atom. The second kappa shape index (κ2) is 9.65. The molecule has 3 atom stereocenters. The quantitative estimate of drug-likeness (QED) is 0.376. The third kappa shape index (κ3) is 5.29. The molecule has 3 rings (SSSR count). The van der Waals surface area contributed by atoms with Gasteiger partial charge >= 0.3 is 11.9 Å². The van der Waals surface area contributed by atoms with Crippen LogP contribution in [0.5, 0.6) is 5.75 Å². The van der Waals surface area contributed by atoms with Crippen LogP contribution in [0.2, 0.25) is 0 Å². The van der Waals surface area contributed by atoms with E-state index in [0.717, 1.165) is 21.9 Å². The van der Waals surface area contributed by atoms with E-state index in [1.165, 1.54) is 0 Å². The SMILES string of the molecule is N[C@@H](c1ccccc1)c1c(O)ccc2ccccc12.O=C(O)[C@H](O)[C@@H](O)C(=O)O. The minimum absolute atomic E-state index is 0.245. The molecule has 0 unspecified atom stereocenters. The molecule has 7 N–H and O–H groups in total. The lowest BCUT2D eigenvalue weighted by Gasteiger charge is -2.16. The zero-order valence-corrected chi connectivity index (χ0v) is 15.2. The lowest BCUT2D eigenvalue weighted by Crippen LogP contribution is -2.39. The molecule has 0 aliphatic carbocycles. The maximum Gasteiger partial charge on any atom is 0.335 e. The number of aliphatic carboxylic acids is 2. The summed E-state index contributed by atoms with van der Waals surface area (Å²) in [5.41, 5.74) is 8.10. The van der Waals surface area contributed by atoms with Crippen molar-refractivity contribution in [1.82, 2.24) is 0 Å². The van der Waals surface area contributed by atoms with Gasteiger partial charge in [0.1, 0.15) is 5.75 Å². The fraction of sp³-hybridized carbons (Fsp3) is 0.143. The molecule has 0 spiro atoms. The van der Waals surface area contributed by atoms with Crippen molar-refractivity contribution in [2.24, 2.45) is 5.73 Å². The summed E-state index contributed by atoms with van der Waals surface area (Å²) in [7, 11) is 0. The highest BCUT2D eigenvalue weighted by atomic mass is 16.4. The Labute approximate surface area is 166 Å². The van der Waals surface area contributed by atoms with Crippen LogP contribution in [-0.4, -0.2) is 49.7 Å². The molecule has 3 aromatic rings. The molecule has 8 heteroatoms. The fourth-order valence-corrected chi connectivity index (χ4v) is 2.71. The summed E-state index contributed by atoms with van der Waals surface area (Å²) in [6, 6.07) is 21.1. The van der Waals surface area contributed by atoms with Gasteiger partial charge in [-0.2, -0.15) is 0 Å². The molecular formula is C21H21NO7. The van der Waals surface area contributed by atoms with Gasteiger partial charge in [-0.15, -0.1) is 0 Å². The number of benzene rings is 3. The third-order valence-electron chi connectivity index (χ3n) is 4.22. The topological polar surface area (TPSA) is 161 Å². The molecule has 0 fully saturated rings. The number of aliphatic hydroxyl groups excluding tert-OH is 2. The maximum atomic E-state index is 10.2. The van der Waals surface area contributed by atoms with Crippen LogP contribution in [0.15, 0.2) is 66.7 Å². The number of carboxylic acid groups (broad SMARTS) is 2. The van der Waals surface area contributed by atoms with Gasteiger partial charge in [-0.1, -0.05) is 60.7 Å². The van der Waals surface area contributed by atoms with Crippen LogP contribution in [0.25, 0.3) is 10.8 Å². The van der Waals surface area contributed by atoms with Crippen molar-refractivity contribution in [1.29, 1.82) is 0 Å². The normalized spacial score (nSPS) is 13.6. The van der Waals surface area contributed by atoms with E-state index < -0.39 is 24.1 Å². The van der Waals surface area contributed by atoms with Gasteiger partial charge in [0.15, 0.2) is 12.2 Å². The predicted molar refractivity (Wildman–Crippen MR) is 105 cm³/mol. The van der Waals surface area contributed by atoms with E-state index in [1.807, 2.05) is 60.7 Å². The third-order valence-corrected chi connectivity index (χ3v) is 4.22. The Morgan fingerprint density at radius 2 is 1.28 bits per heavy atom. The van der Waals surface area contributed by atoms with Crippen molar-refractivity contribution in [2.75, 3.05) is 0 Å². The second-order valence-corrected chi connectivity index (χ2v) is 6.17. The molecule has 0 aromatic heterocycles. The highest BCUT2D eigenvalue weighted by Gasteiger charge is 2.29. The fourth-order valence-electron chi connectivity index (χ4n) is 2.71. The van der Waals surface area contributed by atoms with Gasteiger partial charge in [0.25, 0.3) is 0 Å². The highest BCUT2D eigenvalue weighted by molar-refractivity contribution is 5.88. The summed E-state index contributed by atoms with van der Waals surface area (Å²) in [6.07, 6.45) is -4.53. The number of aliphatic hydroxyl groups is 2. The number of phenolic OH excluding ortho intramolecular Hbond substituents is 1. The van der Waals surface area contributed by atoms with E-state index in [0.29, 0.717) is 0 Å². The minimum atomic E-state index is -2.27. The average Bonchev–Trinajstić information content (AvgIpc) is 2.73. The van der Waals surface area contributed by atoms with Gasteiger partial charge in [0.05, 0.1) is 6.04 Å². The summed E-state index contributed by atoms with van der Waals surface area (Å²) in [6.45, 7) is 0. The summed E-state index contributed by atoms with van der Waals surface area (Å²) in [5.74, 6) is -3.29. The molecule has 3 aromatic carbocycles. The van der Waals surface area contributed by atoms with Crippen LogP contribution < -0.4 is 5.73 Å². The largest absolute Gasteiger partial charge is 0.508 e. The van der Waals surface area contributed by atoms with Crippen molar-refractivity contribution in [3.05, 3.63) is 77.9 Å². The van der Waals surface area contributed by atoms with E-state index in [9.17, 15) is 14.7 Å². The lowest BCUT2D eigenvalue weighted by atomic mass is 9.93. The van der Waals surface area contributed by atoms with Crippen LogP contribution in [0.1, 0.15) is 17.2 Å². The molecule has 0 amide bonds. The first-order valence-electron chi connectivity index (χ1n) is 8.57. The number of rotatable bonds is 5. The summed E-state index contributed by atoms with van der Waals surface area (Å²) >= 11 is 0. The van der Waals surface area contributed by atoms with Crippen molar-refractivity contribution < 1.29 is 35.1 Å². The summed E-state index contributed by atoms with van der Waals surface area (Å²) in [5, 5.41) is 44.8. The van der Waals surface area contributed by atoms with Crippen molar-refractivity contribution in [3.63, 3.8) is 0 Å². The number of aromatic hydroxyl groups is 1. The van der Waals surface area contributed by atoms with E-state index in [4.69, 9.17) is 26.2 Å². The average molecular weight is 399 g/mol. The molecule has 8 nitrogen and oxygen atoms in total. The number of fused-ring (bicyclic) bond motifs is 1. The van der Waals surface area contributed by atoms with Crippen LogP contribution >= 0.6 is 0 Å². The molecule has 152 valence electrons. The van der Waals surface area contributed by atoms with E-state index in [1.54, 1.807) is 6.07 Å². The maximum absolute atomic E-state index is 10.2. The molecule has 0 aliphatic heterocycles. The van der Waals surface area contributed by atoms with E-state index >= 15 is 0 Å². The van der Waals surface area contributed by atoms with Gasteiger partial charge in [-0.05, 0) is 22.4 Å². The van der Waals surface area contributed by atoms with Crippen LogP contribution in [0.4, 0.5) is 0 Å². The number of hydrogen-bond donors (Lipinski definition) is 6. The Kier molecular flexibility index (Phi) is 7.27. The van der Waals surface area contributed by atoms with Gasteiger partial charge in [-0.25, -0.2) is 9.59 Å². The Hall–Kier alpha value is -3.46. The van der Waals surface area contributed by atoms with Crippen molar-refractivity contribution in [2.45, 2.75) is 18.2 Å². The van der Waals surface area contributed by atoms with E-state index in [-0.39, 0.29) is 11.8 Å². The Bertz CT molecular complexity index is 973. The van der Waals surface area contributed by atoms with E-state index in [2.05, 4.69) is 0 Å².